The zero-order valence-corrected chi connectivity index (χ0v) is 16.6. The number of benzene rings is 2. The number of rotatable bonds is 4. The maximum atomic E-state index is 11.4. The fourth-order valence-corrected chi connectivity index (χ4v) is 5.28. The Labute approximate surface area is 171 Å². The molecule has 0 spiro atoms. The van der Waals surface area contributed by atoms with Gasteiger partial charge < -0.3 is 15.4 Å². The summed E-state index contributed by atoms with van der Waals surface area (Å²) in [5.41, 5.74) is 7.50. The lowest BCUT2D eigenvalue weighted by Gasteiger charge is -2.33. The number of ether oxygens (including phenoxy) is 1. The third-order valence-electron chi connectivity index (χ3n) is 5.50. The number of carbonyl (C=O) groups excluding carboxylic acids is 1. The number of piperazine rings is 1. The van der Waals surface area contributed by atoms with Crippen molar-refractivity contribution in [1.82, 2.24) is 14.8 Å². The zero-order valence-electron chi connectivity index (χ0n) is 15.0. The number of urea groups is 1. The van der Waals surface area contributed by atoms with Crippen molar-refractivity contribution in [3.8, 4) is 10.9 Å². The molecule has 2 N–H and O–H groups in total. The number of thiazole rings is 1. The van der Waals surface area contributed by atoms with Crippen molar-refractivity contribution >= 4 is 39.2 Å². The van der Waals surface area contributed by atoms with Gasteiger partial charge in [0.1, 0.15) is 5.75 Å². The first-order valence-electron chi connectivity index (χ1n) is 9.19. The third-order valence-corrected chi connectivity index (χ3v) is 6.91. The van der Waals surface area contributed by atoms with Crippen molar-refractivity contribution < 1.29 is 9.53 Å². The van der Waals surface area contributed by atoms with Crippen LogP contribution in [0.15, 0.2) is 42.5 Å². The lowest BCUT2D eigenvalue weighted by atomic mass is 10.2. The molecule has 2 aliphatic rings. The lowest BCUT2D eigenvalue weighted by Crippen LogP contribution is -2.50. The number of fused-ring (bicyclic) bond motifs is 3. The molecule has 8 heteroatoms. The van der Waals surface area contributed by atoms with Crippen LogP contribution in [0.3, 0.4) is 0 Å². The first-order valence-corrected chi connectivity index (χ1v) is 10.4. The summed E-state index contributed by atoms with van der Waals surface area (Å²) in [6, 6.07) is 14.1. The number of nitrogens with two attached hydrogens (primary N) is 1. The minimum atomic E-state index is -0.301. The molecule has 6 nitrogen and oxygen atoms in total. The molecule has 2 saturated heterocycles. The largest absolute Gasteiger partial charge is 0.431 e. The van der Waals surface area contributed by atoms with Gasteiger partial charge in [0, 0.05) is 31.7 Å². The highest BCUT2D eigenvalue weighted by molar-refractivity contribution is 7.20. The zero-order chi connectivity index (χ0) is 19.3. The number of aromatic nitrogens is 1. The average Bonchev–Trinajstić information content (AvgIpc) is 3.37. The molecule has 2 atom stereocenters. The second kappa shape index (κ2) is 6.92. The number of carbonyl (C=O) groups is 1. The Balaban J connectivity index is 1.24. The molecule has 2 fully saturated rings. The molecule has 2 amide bonds. The number of likely N-dealkylation sites (tertiary alicyclic amines) is 2. The van der Waals surface area contributed by atoms with Gasteiger partial charge in [0.15, 0.2) is 0 Å². The van der Waals surface area contributed by atoms with Crippen molar-refractivity contribution in [2.45, 2.75) is 25.0 Å². The van der Waals surface area contributed by atoms with Gasteiger partial charge in [-0.05, 0) is 36.2 Å². The van der Waals surface area contributed by atoms with E-state index in [1.165, 1.54) is 16.9 Å². The topological polar surface area (TPSA) is 71.7 Å². The van der Waals surface area contributed by atoms with E-state index in [9.17, 15) is 4.79 Å². The molecular weight excluding hydrogens is 396 g/mol. The fourth-order valence-electron chi connectivity index (χ4n) is 4.15. The number of primary amides is 1. The quantitative estimate of drug-likeness (QED) is 0.698. The van der Waals surface area contributed by atoms with Crippen LogP contribution < -0.4 is 10.5 Å². The fraction of sp³-hybridized carbons (Fsp3) is 0.300. The van der Waals surface area contributed by atoms with Crippen LogP contribution >= 0.6 is 22.9 Å². The number of nitrogens with zero attached hydrogens (tertiary/aromatic N) is 3. The minimum Gasteiger partial charge on any atom is -0.431 e. The number of amides is 2. The predicted molar refractivity (Wildman–Crippen MR) is 110 cm³/mol. The van der Waals surface area contributed by atoms with Crippen molar-refractivity contribution in [2.24, 2.45) is 5.73 Å². The Bertz CT molecular complexity index is 1040. The summed E-state index contributed by atoms with van der Waals surface area (Å²) in [4.78, 5) is 20.1. The van der Waals surface area contributed by atoms with E-state index >= 15 is 0 Å². The van der Waals surface area contributed by atoms with E-state index in [1.807, 2.05) is 30.3 Å². The van der Waals surface area contributed by atoms with Crippen molar-refractivity contribution in [2.75, 3.05) is 13.1 Å². The molecule has 0 aliphatic carbocycles. The van der Waals surface area contributed by atoms with Crippen LogP contribution in [0.1, 0.15) is 12.0 Å². The summed E-state index contributed by atoms with van der Waals surface area (Å²) in [5, 5.41) is 1.27. The average molecular weight is 415 g/mol. The molecule has 144 valence electrons. The van der Waals surface area contributed by atoms with E-state index in [4.69, 9.17) is 22.1 Å². The third kappa shape index (κ3) is 3.19. The van der Waals surface area contributed by atoms with Gasteiger partial charge in [-0.3, -0.25) is 4.90 Å². The van der Waals surface area contributed by atoms with Crippen molar-refractivity contribution in [3.05, 3.63) is 53.1 Å². The summed E-state index contributed by atoms with van der Waals surface area (Å²) in [7, 11) is 0. The molecule has 2 aromatic carbocycles. The van der Waals surface area contributed by atoms with E-state index < -0.39 is 0 Å². The van der Waals surface area contributed by atoms with Crippen LogP contribution in [0.5, 0.6) is 10.9 Å². The maximum Gasteiger partial charge on any atom is 0.315 e. The van der Waals surface area contributed by atoms with Gasteiger partial charge >= 0.3 is 6.03 Å². The summed E-state index contributed by atoms with van der Waals surface area (Å²) in [6.45, 7) is 2.49. The van der Waals surface area contributed by atoms with Gasteiger partial charge in [-0.25, -0.2) is 9.78 Å². The van der Waals surface area contributed by atoms with Gasteiger partial charge in [0.2, 0.25) is 0 Å². The Morgan fingerprint density at radius 2 is 2.04 bits per heavy atom. The summed E-state index contributed by atoms with van der Waals surface area (Å²) in [6.07, 6.45) is 1.02. The Morgan fingerprint density at radius 1 is 1.21 bits per heavy atom. The van der Waals surface area contributed by atoms with Crippen LogP contribution in [-0.4, -0.2) is 46.0 Å². The SMILES string of the molecule is NC(=O)N1CC2CC1CN2Cc1ccc(Oc2nc3cccc(Cl)c3s2)cc1. The predicted octanol–water partition coefficient (Wildman–Crippen LogP) is 4.08. The molecule has 2 aliphatic heterocycles. The molecular formula is C20H19ClN4O2S. The second-order valence-corrected chi connectivity index (χ2v) is 8.65. The molecule has 3 heterocycles. The smallest absolute Gasteiger partial charge is 0.315 e. The van der Waals surface area contributed by atoms with Gasteiger partial charge in [-0.1, -0.05) is 41.1 Å². The highest BCUT2D eigenvalue weighted by Gasteiger charge is 2.44. The number of hydrogen-bond acceptors (Lipinski definition) is 5. The minimum absolute atomic E-state index is 0.260. The highest BCUT2D eigenvalue weighted by Crippen LogP contribution is 2.36. The van der Waals surface area contributed by atoms with Gasteiger partial charge in [-0.2, -0.15) is 0 Å². The molecule has 0 radical (unpaired) electrons. The van der Waals surface area contributed by atoms with Crippen LogP contribution in [0.25, 0.3) is 10.2 Å². The van der Waals surface area contributed by atoms with Gasteiger partial charge in [0.25, 0.3) is 5.19 Å². The Morgan fingerprint density at radius 3 is 2.71 bits per heavy atom. The molecule has 2 bridgehead atoms. The van der Waals surface area contributed by atoms with Crippen molar-refractivity contribution in [1.29, 1.82) is 0 Å². The first kappa shape index (κ1) is 17.7. The van der Waals surface area contributed by atoms with Gasteiger partial charge in [-0.15, -0.1) is 0 Å². The molecule has 1 aromatic heterocycles. The standard InChI is InChI=1S/C20H19ClN4O2S/c21-16-2-1-3-17-18(16)28-20(23-17)27-15-6-4-12(5-7-15)9-24-10-14-8-13(24)11-25(14)19(22)26/h1-7,13-14H,8-11H2,(H2,22,26). The summed E-state index contributed by atoms with van der Waals surface area (Å²) < 4.78 is 6.85. The number of hydrogen-bond donors (Lipinski definition) is 1. The monoisotopic (exact) mass is 414 g/mol. The number of halogens is 1. The van der Waals surface area contributed by atoms with Crippen LogP contribution in [0.2, 0.25) is 5.02 Å². The molecule has 5 rings (SSSR count). The Kier molecular flexibility index (Phi) is 4.38. The Hall–Kier alpha value is -2.35. The molecule has 2 unspecified atom stereocenters. The summed E-state index contributed by atoms with van der Waals surface area (Å²) >= 11 is 7.65. The van der Waals surface area contributed by atoms with E-state index in [2.05, 4.69) is 22.0 Å². The van der Waals surface area contributed by atoms with Crippen LogP contribution in [-0.2, 0) is 6.54 Å². The summed E-state index contributed by atoms with van der Waals surface area (Å²) in [5.74, 6) is 0.752. The van der Waals surface area contributed by atoms with Gasteiger partial charge in [0.05, 0.1) is 15.2 Å². The molecule has 28 heavy (non-hydrogen) atoms. The van der Waals surface area contributed by atoms with Crippen molar-refractivity contribution in [3.63, 3.8) is 0 Å². The van der Waals surface area contributed by atoms with Crippen LogP contribution in [0.4, 0.5) is 4.79 Å². The maximum absolute atomic E-state index is 11.4. The van der Waals surface area contributed by atoms with Crippen LogP contribution in [0, 0.1) is 0 Å². The van der Waals surface area contributed by atoms with E-state index in [-0.39, 0.29) is 12.1 Å². The molecule has 0 saturated carbocycles. The van der Waals surface area contributed by atoms with E-state index in [0.717, 1.165) is 42.0 Å². The molecule has 3 aromatic rings. The first-order chi connectivity index (χ1) is 13.6. The normalized spacial score (nSPS) is 21.5. The van der Waals surface area contributed by atoms with E-state index in [1.54, 1.807) is 4.90 Å². The second-order valence-electron chi connectivity index (χ2n) is 7.28. The highest BCUT2D eigenvalue weighted by atomic mass is 35.5. The van der Waals surface area contributed by atoms with E-state index in [0.29, 0.717) is 16.3 Å². The lowest BCUT2D eigenvalue weighted by molar-refractivity contribution is 0.137.